The second-order valence-electron chi connectivity index (χ2n) is 8.12. The topological polar surface area (TPSA) is 163 Å². The molecule has 0 radical (unpaired) electrons. The quantitative estimate of drug-likeness (QED) is 0.287. The second kappa shape index (κ2) is 10.8. The Morgan fingerprint density at radius 3 is 1.91 bits per heavy atom. The third-order valence-corrected chi connectivity index (χ3v) is 7.33. The summed E-state index contributed by atoms with van der Waals surface area (Å²) in [5.74, 6) is 0.454. The first-order valence-electron chi connectivity index (χ1n) is 9.99. The molecule has 0 bridgehead atoms. The number of aryl methyl sites for hydroxylation is 4. The average Bonchev–Trinajstić information content (AvgIpc) is 2.68. The standard InChI is InChI=1S/C21H30O10P2/c1-14-5-7-18(16(3)9-14)20(30-19-8-6-15(2)10-17(19)4)21(11-22,12-23)13-29-33(27,28)31-32(24,25)26/h5-10,20,22-23H,11-13H2,1-4H3,(H,27,28)(H2,24,25,26). The minimum Gasteiger partial charge on any atom is -0.485 e. The number of hydrogen-bond acceptors (Lipinski definition) is 7. The molecule has 2 aromatic rings. The van der Waals surface area contributed by atoms with Crippen LogP contribution in [0.25, 0.3) is 0 Å². The summed E-state index contributed by atoms with van der Waals surface area (Å²) >= 11 is 0. The maximum Gasteiger partial charge on any atom is 0.481 e. The summed E-state index contributed by atoms with van der Waals surface area (Å²) in [4.78, 5) is 27.4. The maximum atomic E-state index is 12.0. The molecule has 0 heterocycles. The zero-order valence-electron chi connectivity index (χ0n) is 18.8. The Hall–Kier alpha value is -1.58. The summed E-state index contributed by atoms with van der Waals surface area (Å²) < 4.78 is 37.9. The van der Waals surface area contributed by atoms with Gasteiger partial charge < -0.3 is 29.6 Å². The number of benzene rings is 2. The first-order valence-corrected chi connectivity index (χ1v) is 13.0. The first kappa shape index (κ1) is 27.7. The molecule has 2 rings (SSSR count). The smallest absolute Gasteiger partial charge is 0.481 e. The summed E-state index contributed by atoms with van der Waals surface area (Å²) in [6.45, 7) is 5.15. The molecule has 0 spiro atoms. The largest absolute Gasteiger partial charge is 0.485 e. The monoisotopic (exact) mass is 504 g/mol. The highest BCUT2D eigenvalue weighted by molar-refractivity contribution is 7.60. The molecule has 0 aliphatic carbocycles. The van der Waals surface area contributed by atoms with Gasteiger partial charge in [0.1, 0.15) is 11.9 Å². The van der Waals surface area contributed by atoms with Gasteiger partial charge in [0.15, 0.2) is 0 Å². The number of rotatable bonds is 11. The summed E-state index contributed by atoms with van der Waals surface area (Å²) in [7, 11) is -10.6. The molecule has 0 saturated heterocycles. The van der Waals surface area contributed by atoms with Crippen LogP contribution in [0.1, 0.15) is 33.9 Å². The van der Waals surface area contributed by atoms with E-state index in [1.807, 2.05) is 52.0 Å². The van der Waals surface area contributed by atoms with Crippen LogP contribution in [0.3, 0.4) is 0 Å². The van der Waals surface area contributed by atoms with Crippen LogP contribution >= 0.6 is 15.6 Å². The number of phosphoric ester groups is 1. The highest BCUT2D eigenvalue weighted by Crippen LogP contribution is 2.58. The van der Waals surface area contributed by atoms with Gasteiger partial charge >= 0.3 is 15.6 Å². The van der Waals surface area contributed by atoms with Crippen molar-refractivity contribution >= 4 is 15.6 Å². The highest BCUT2D eigenvalue weighted by atomic mass is 31.3. The van der Waals surface area contributed by atoms with Crippen molar-refractivity contribution in [2.75, 3.05) is 19.8 Å². The van der Waals surface area contributed by atoms with Gasteiger partial charge in [-0.1, -0.05) is 41.5 Å². The summed E-state index contributed by atoms with van der Waals surface area (Å²) in [5.41, 5.74) is 2.41. The molecule has 5 N–H and O–H groups in total. The van der Waals surface area contributed by atoms with Crippen molar-refractivity contribution in [1.29, 1.82) is 0 Å². The fraction of sp³-hybridized carbons (Fsp3) is 0.429. The van der Waals surface area contributed by atoms with Crippen molar-refractivity contribution in [2.24, 2.45) is 5.41 Å². The van der Waals surface area contributed by atoms with Crippen molar-refractivity contribution in [2.45, 2.75) is 33.8 Å². The lowest BCUT2D eigenvalue weighted by molar-refractivity contribution is -0.0726. The van der Waals surface area contributed by atoms with Crippen molar-refractivity contribution in [3.8, 4) is 5.75 Å². The minimum atomic E-state index is -5.34. The third kappa shape index (κ3) is 7.45. The summed E-state index contributed by atoms with van der Waals surface area (Å²) in [5, 5.41) is 20.6. The van der Waals surface area contributed by atoms with Crippen LogP contribution in [0, 0.1) is 33.1 Å². The van der Waals surface area contributed by atoms with Crippen LogP contribution < -0.4 is 4.74 Å². The third-order valence-electron chi connectivity index (χ3n) is 5.19. The molecular weight excluding hydrogens is 474 g/mol. The molecule has 0 saturated carbocycles. The first-order chi connectivity index (χ1) is 15.2. The van der Waals surface area contributed by atoms with Gasteiger partial charge in [-0.05, 0) is 50.5 Å². The fourth-order valence-electron chi connectivity index (χ4n) is 3.45. The maximum absolute atomic E-state index is 12.0. The van der Waals surface area contributed by atoms with Crippen LogP contribution in [-0.2, 0) is 18.0 Å². The van der Waals surface area contributed by atoms with Gasteiger partial charge in [-0.2, -0.15) is 4.31 Å². The Labute approximate surface area is 192 Å². The number of aliphatic hydroxyl groups is 2. The zero-order chi connectivity index (χ0) is 25.0. The molecule has 2 aromatic carbocycles. The molecule has 0 aromatic heterocycles. The number of phosphoric acid groups is 2. The van der Waals surface area contributed by atoms with E-state index in [-0.39, 0.29) is 0 Å². The molecule has 2 unspecified atom stereocenters. The fourth-order valence-corrected chi connectivity index (χ4v) is 5.13. The van der Waals surface area contributed by atoms with Crippen LogP contribution in [0.4, 0.5) is 0 Å². The molecule has 2 atom stereocenters. The molecule has 184 valence electrons. The molecular formula is C21H30O10P2. The van der Waals surface area contributed by atoms with Crippen LogP contribution in [-0.4, -0.2) is 44.7 Å². The van der Waals surface area contributed by atoms with Crippen LogP contribution in [0.5, 0.6) is 5.75 Å². The second-order valence-corrected chi connectivity index (χ2v) is 10.9. The molecule has 33 heavy (non-hydrogen) atoms. The van der Waals surface area contributed by atoms with E-state index in [0.29, 0.717) is 11.3 Å². The van der Waals surface area contributed by atoms with Gasteiger partial charge in [0, 0.05) is 0 Å². The lowest BCUT2D eigenvalue weighted by Crippen LogP contribution is -2.43. The normalized spacial score (nSPS) is 15.2. The van der Waals surface area contributed by atoms with Crippen LogP contribution in [0.2, 0.25) is 0 Å². The van der Waals surface area contributed by atoms with Gasteiger partial charge in [-0.25, -0.2) is 9.13 Å². The molecule has 12 heteroatoms. The van der Waals surface area contributed by atoms with Crippen molar-refractivity contribution in [3.63, 3.8) is 0 Å². The molecule has 0 fully saturated rings. The van der Waals surface area contributed by atoms with E-state index >= 15 is 0 Å². The minimum absolute atomic E-state index is 0.454. The van der Waals surface area contributed by atoms with E-state index in [2.05, 4.69) is 4.31 Å². The summed E-state index contributed by atoms with van der Waals surface area (Å²) in [6.07, 6.45) is -1.07. The lowest BCUT2D eigenvalue weighted by Gasteiger charge is -2.39. The average molecular weight is 504 g/mol. The van der Waals surface area contributed by atoms with Gasteiger partial charge in [-0.15, -0.1) is 0 Å². The van der Waals surface area contributed by atoms with Crippen molar-refractivity contribution in [1.82, 2.24) is 0 Å². The Morgan fingerprint density at radius 1 is 0.879 bits per heavy atom. The Morgan fingerprint density at radius 2 is 1.42 bits per heavy atom. The van der Waals surface area contributed by atoms with E-state index < -0.39 is 47.0 Å². The van der Waals surface area contributed by atoms with E-state index in [4.69, 9.17) is 19.0 Å². The SMILES string of the molecule is Cc1ccc(OC(c2ccc(C)cc2C)C(CO)(CO)COP(=O)(O)OP(=O)(O)O)c(C)c1. The number of ether oxygens (including phenoxy) is 1. The molecule has 0 aliphatic heterocycles. The van der Waals surface area contributed by atoms with Crippen molar-refractivity contribution in [3.05, 3.63) is 64.2 Å². The van der Waals surface area contributed by atoms with Gasteiger partial charge in [0.05, 0.1) is 25.2 Å². The van der Waals surface area contributed by atoms with E-state index in [9.17, 15) is 24.2 Å². The molecule has 0 aliphatic rings. The van der Waals surface area contributed by atoms with E-state index in [0.717, 1.165) is 22.3 Å². The molecule has 0 amide bonds. The predicted molar refractivity (Wildman–Crippen MR) is 121 cm³/mol. The van der Waals surface area contributed by atoms with Gasteiger partial charge in [0.2, 0.25) is 0 Å². The lowest BCUT2D eigenvalue weighted by atomic mass is 9.79. The van der Waals surface area contributed by atoms with Crippen LogP contribution in [0.15, 0.2) is 36.4 Å². The highest BCUT2D eigenvalue weighted by Gasteiger charge is 2.45. The van der Waals surface area contributed by atoms with Gasteiger partial charge in [0.25, 0.3) is 0 Å². The van der Waals surface area contributed by atoms with Gasteiger partial charge in [-0.3, -0.25) is 4.52 Å². The summed E-state index contributed by atoms with van der Waals surface area (Å²) in [6, 6.07) is 10.9. The van der Waals surface area contributed by atoms with Crippen molar-refractivity contribution < 1.29 is 47.6 Å². The zero-order valence-corrected chi connectivity index (χ0v) is 20.6. The van der Waals surface area contributed by atoms with E-state index in [1.54, 1.807) is 12.1 Å². The Kier molecular flexibility index (Phi) is 9.04. The van der Waals surface area contributed by atoms with E-state index in [1.165, 1.54) is 0 Å². The predicted octanol–water partition coefficient (Wildman–Crippen LogP) is 3.24. The number of aliphatic hydroxyl groups excluding tert-OH is 2. The molecule has 10 nitrogen and oxygen atoms in total. The Bertz CT molecular complexity index is 1060. The number of hydrogen-bond donors (Lipinski definition) is 5. The Balaban J connectivity index is 2.54.